The van der Waals surface area contributed by atoms with E-state index in [1.165, 1.54) is 18.9 Å². The fourth-order valence-electron chi connectivity index (χ4n) is 5.67. The summed E-state index contributed by atoms with van der Waals surface area (Å²) in [4.78, 5) is 16.0. The number of halogens is 1. The number of benzene rings is 2. The normalized spacial score (nSPS) is 15.0. The molecule has 3 unspecified atom stereocenters. The van der Waals surface area contributed by atoms with E-state index >= 15 is 4.39 Å². The molecule has 0 saturated heterocycles. The van der Waals surface area contributed by atoms with Gasteiger partial charge in [0, 0.05) is 48.9 Å². The standard InChI is InChI=1S/C38H51FN4O2.C9H17NO.C4H10/c1-9-13-14-21-40-38(36-29(7)16-17-30(8)37(36)44-26-28(6)23-27(5)11-3)42-31-18-19-35(34(39)24-31)45-33-20-22-43(41-12-4)32(25-33)15-10-2;1-4-8(2)9(11)6-5-7-10-3;1-3-4-2/h12,14-22,24-25,27-28H,9-11,13,23,26H2,1-8H3,(H,40,42);5-6,8,10H,4,7H2,1-3H3;3-4H2,1-2H3/b21-14+,32-15+,41-12-;6-5+;. The fraction of sp³-hybridized carbons (Fsp3) is 0.510. The van der Waals surface area contributed by atoms with Crippen LogP contribution >= 0.6 is 0 Å². The summed E-state index contributed by atoms with van der Waals surface area (Å²) in [5.41, 5.74) is 4.35. The molecule has 0 aliphatic carbocycles. The molecule has 3 rings (SSSR count). The number of hydrogen-bond acceptors (Lipinski definition) is 7. The number of ketones is 1. The third-order valence-electron chi connectivity index (χ3n) is 9.79. The lowest BCUT2D eigenvalue weighted by Crippen LogP contribution is -2.19. The van der Waals surface area contributed by atoms with E-state index in [2.05, 4.69) is 83.3 Å². The van der Waals surface area contributed by atoms with Crippen LogP contribution in [0.4, 0.5) is 10.1 Å². The zero-order valence-corrected chi connectivity index (χ0v) is 39.3. The quantitative estimate of drug-likeness (QED) is 0.0740. The molecule has 2 N–H and O–H groups in total. The van der Waals surface area contributed by atoms with Crippen LogP contribution in [-0.2, 0) is 4.79 Å². The minimum atomic E-state index is -0.485. The number of carbonyl (C=O) groups is 1. The van der Waals surface area contributed by atoms with Crippen molar-refractivity contribution >= 4 is 23.5 Å². The van der Waals surface area contributed by atoms with Gasteiger partial charge in [0.15, 0.2) is 17.3 Å². The molecule has 0 aromatic heterocycles. The Balaban J connectivity index is 0.00000102. The topological polar surface area (TPSA) is 87.6 Å². The van der Waals surface area contributed by atoms with Gasteiger partial charge in [-0.25, -0.2) is 14.4 Å². The summed E-state index contributed by atoms with van der Waals surface area (Å²) in [6, 6.07) is 9.02. The molecule has 0 spiro atoms. The van der Waals surface area contributed by atoms with Crippen LogP contribution in [0.3, 0.4) is 0 Å². The second-order valence-corrected chi connectivity index (χ2v) is 15.4. The monoisotopic (exact) mass is 828 g/mol. The number of amidine groups is 1. The third kappa shape index (κ3) is 20.0. The average Bonchev–Trinajstić information content (AvgIpc) is 3.24. The molecule has 0 amide bonds. The number of aryl methyl sites for hydroxylation is 2. The maximum Gasteiger partial charge on any atom is 0.167 e. The summed E-state index contributed by atoms with van der Waals surface area (Å²) in [6.45, 7) is 26.6. The Morgan fingerprint density at radius 2 is 1.65 bits per heavy atom. The van der Waals surface area contributed by atoms with E-state index in [0.717, 1.165) is 73.2 Å². The molecule has 0 saturated carbocycles. The number of nitrogens with one attached hydrogen (secondary N) is 2. The van der Waals surface area contributed by atoms with Crippen molar-refractivity contribution in [2.24, 2.45) is 27.8 Å². The molecular formula is C51H78FN5O3. The second-order valence-electron chi connectivity index (χ2n) is 15.4. The number of unbranched alkanes of at least 4 members (excludes halogenated alkanes) is 2. The van der Waals surface area contributed by atoms with Crippen molar-refractivity contribution in [3.63, 3.8) is 0 Å². The Kier molecular flexibility index (Phi) is 27.7. The third-order valence-corrected chi connectivity index (χ3v) is 9.79. The highest BCUT2D eigenvalue weighted by atomic mass is 19.1. The van der Waals surface area contributed by atoms with Gasteiger partial charge in [0.25, 0.3) is 0 Å². The first-order chi connectivity index (χ1) is 28.8. The Morgan fingerprint density at radius 1 is 0.933 bits per heavy atom. The van der Waals surface area contributed by atoms with Crippen LogP contribution in [0.1, 0.15) is 137 Å². The molecule has 1 heterocycles. The molecular weight excluding hydrogens is 750 g/mol. The molecule has 332 valence electrons. The molecule has 3 atom stereocenters. The predicted molar refractivity (Wildman–Crippen MR) is 256 cm³/mol. The molecule has 0 radical (unpaired) electrons. The van der Waals surface area contributed by atoms with Gasteiger partial charge < -0.3 is 20.1 Å². The SMILES string of the molecule is C/C=N\N1C=CC(Oc2ccc(NC(=N/C=C/CCC)c3c(C)ccc(C)c3OCC(C)CC(C)CC)cc2F)=C/C1=C\CC.CCC(C)C(=O)/C=C/CNC.CCCC. The molecule has 1 aliphatic heterocycles. The fourth-order valence-corrected chi connectivity index (χ4v) is 5.67. The highest BCUT2D eigenvalue weighted by Gasteiger charge is 2.20. The Hall–Kier alpha value is -4.76. The van der Waals surface area contributed by atoms with E-state index in [-0.39, 0.29) is 17.5 Å². The van der Waals surface area contributed by atoms with E-state index < -0.39 is 5.82 Å². The van der Waals surface area contributed by atoms with Crippen LogP contribution in [0.25, 0.3) is 0 Å². The van der Waals surface area contributed by atoms with E-state index in [0.29, 0.717) is 35.7 Å². The zero-order valence-electron chi connectivity index (χ0n) is 39.3. The highest BCUT2D eigenvalue weighted by Crippen LogP contribution is 2.31. The number of ether oxygens (including phenoxy) is 2. The number of rotatable bonds is 21. The molecule has 0 bridgehead atoms. The smallest absolute Gasteiger partial charge is 0.167 e. The van der Waals surface area contributed by atoms with Gasteiger partial charge in [0.2, 0.25) is 0 Å². The van der Waals surface area contributed by atoms with E-state index in [1.807, 2.05) is 65.2 Å². The van der Waals surface area contributed by atoms with Crippen molar-refractivity contribution in [3.8, 4) is 11.5 Å². The van der Waals surface area contributed by atoms with Crippen LogP contribution in [0.15, 0.2) is 101 Å². The molecule has 0 fully saturated rings. The Bertz CT molecular complexity index is 1770. The Morgan fingerprint density at radius 3 is 2.25 bits per heavy atom. The average molecular weight is 828 g/mol. The van der Waals surface area contributed by atoms with Crippen molar-refractivity contribution in [1.29, 1.82) is 0 Å². The lowest BCUT2D eigenvalue weighted by Gasteiger charge is -2.22. The maximum atomic E-state index is 15.5. The van der Waals surface area contributed by atoms with Gasteiger partial charge in [0.05, 0.1) is 17.9 Å². The minimum Gasteiger partial charge on any atom is -0.492 e. The van der Waals surface area contributed by atoms with Crippen molar-refractivity contribution < 1.29 is 18.7 Å². The summed E-state index contributed by atoms with van der Waals surface area (Å²) in [7, 11) is 1.86. The molecule has 2 aromatic rings. The highest BCUT2D eigenvalue weighted by molar-refractivity contribution is 6.11. The van der Waals surface area contributed by atoms with Gasteiger partial charge in [0.1, 0.15) is 17.3 Å². The lowest BCUT2D eigenvalue weighted by molar-refractivity contribution is -0.117. The maximum absolute atomic E-state index is 15.5. The molecule has 1 aliphatic rings. The van der Waals surface area contributed by atoms with Crippen LogP contribution < -0.4 is 20.1 Å². The number of nitrogens with zero attached hydrogens (tertiary/aromatic N) is 3. The summed E-state index contributed by atoms with van der Waals surface area (Å²) in [6.07, 6.45) is 25.1. The van der Waals surface area contributed by atoms with Gasteiger partial charge in [-0.05, 0) is 101 Å². The van der Waals surface area contributed by atoms with Crippen molar-refractivity contribution in [3.05, 3.63) is 113 Å². The van der Waals surface area contributed by atoms with Crippen LogP contribution in [0, 0.1) is 37.4 Å². The van der Waals surface area contributed by atoms with Gasteiger partial charge in [-0.1, -0.05) is 118 Å². The van der Waals surface area contributed by atoms with Gasteiger partial charge >= 0.3 is 0 Å². The van der Waals surface area contributed by atoms with Crippen molar-refractivity contribution in [2.75, 3.05) is 25.5 Å². The second kappa shape index (κ2) is 31.2. The molecule has 9 heteroatoms. The number of likely N-dealkylation sites (N-methyl/N-ethyl adjacent to an activating group) is 1. The van der Waals surface area contributed by atoms with Gasteiger partial charge in [-0.2, -0.15) is 5.10 Å². The molecule has 8 nitrogen and oxygen atoms in total. The summed E-state index contributed by atoms with van der Waals surface area (Å²) in [5, 5.41) is 12.4. The first-order valence-electron chi connectivity index (χ1n) is 22.3. The molecule has 60 heavy (non-hydrogen) atoms. The number of carbonyl (C=O) groups excluding carboxylic acids is 1. The van der Waals surface area contributed by atoms with E-state index in [1.54, 1.807) is 41.7 Å². The van der Waals surface area contributed by atoms with Gasteiger partial charge in [-0.15, -0.1) is 0 Å². The summed E-state index contributed by atoms with van der Waals surface area (Å²) in [5.74, 6) is 3.04. The van der Waals surface area contributed by atoms with Crippen LogP contribution in [0.2, 0.25) is 0 Å². The van der Waals surface area contributed by atoms with Crippen molar-refractivity contribution in [2.45, 2.75) is 134 Å². The largest absolute Gasteiger partial charge is 0.492 e. The first-order valence-corrected chi connectivity index (χ1v) is 22.3. The van der Waals surface area contributed by atoms with E-state index in [9.17, 15) is 4.79 Å². The first kappa shape index (κ1) is 53.3. The van der Waals surface area contributed by atoms with Crippen molar-refractivity contribution in [1.82, 2.24) is 10.3 Å². The number of allylic oxidation sites excluding steroid dienone is 5. The number of hydrazone groups is 1. The number of hydrogen-bond donors (Lipinski definition) is 2. The minimum absolute atomic E-state index is 0.132. The summed E-state index contributed by atoms with van der Waals surface area (Å²) >= 11 is 0. The van der Waals surface area contributed by atoms with Crippen LogP contribution in [-0.4, -0.2) is 43.0 Å². The number of anilines is 1. The van der Waals surface area contributed by atoms with E-state index in [4.69, 9.17) is 14.5 Å². The van der Waals surface area contributed by atoms with Gasteiger partial charge in [-0.3, -0.25) is 4.79 Å². The van der Waals surface area contributed by atoms with Crippen LogP contribution in [0.5, 0.6) is 11.5 Å². The number of aliphatic imine (C=N–C) groups is 1. The predicted octanol–water partition coefficient (Wildman–Crippen LogP) is 13.6. The summed E-state index contributed by atoms with van der Waals surface area (Å²) < 4.78 is 27.9. The molecule has 2 aromatic carbocycles. The zero-order chi connectivity index (χ0) is 44.9. The Labute approximate surface area is 363 Å². The lowest BCUT2D eigenvalue weighted by atomic mass is 9.96.